The molecule has 12 unspecified atom stereocenters. The Morgan fingerprint density at radius 2 is 1.28 bits per heavy atom. The van der Waals surface area contributed by atoms with Gasteiger partial charge in [0.05, 0.1) is 27.4 Å². The van der Waals surface area contributed by atoms with Crippen molar-refractivity contribution in [1.29, 1.82) is 0 Å². The van der Waals surface area contributed by atoms with Crippen molar-refractivity contribution >= 4 is 6.08 Å². The van der Waals surface area contributed by atoms with Crippen molar-refractivity contribution in [2.75, 3.05) is 27.4 Å². The van der Waals surface area contributed by atoms with Crippen molar-refractivity contribution in [3.63, 3.8) is 0 Å². The van der Waals surface area contributed by atoms with E-state index in [4.69, 9.17) is 33.2 Å². The molecular formula is C30H40O17. The van der Waals surface area contributed by atoms with E-state index >= 15 is 0 Å². The van der Waals surface area contributed by atoms with E-state index in [9.17, 15) is 51.1 Å². The molecule has 0 bridgehead atoms. The highest BCUT2D eigenvalue weighted by atomic mass is 16.8. The molecule has 2 heterocycles. The minimum atomic E-state index is -1.82. The Balaban J connectivity index is 1.39. The van der Waals surface area contributed by atoms with Crippen molar-refractivity contribution in [2.24, 2.45) is 0 Å². The Hall–Kier alpha value is -3.14. The molecule has 10 N–H and O–H groups in total. The van der Waals surface area contributed by atoms with Gasteiger partial charge in [0.25, 0.3) is 0 Å². The second-order valence-corrected chi connectivity index (χ2v) is 10.7. The lowest BCUT2D eigenvalue weighted by atomic mass is 10.0. The highest BCUT2D eigenvalue weighted by molar-refractivity contribution is 5.56. The summed E-state index contributed by atoms with van der Waals surface area (Å²) in [5.74, 6) is 0.522. The Morgan fingerprint density at radius 1 is 0.702 bits per heavy atom. The first-order chi connectivity index (χ1) is 22.4. The Morgan fingerprint density at radius 3 is 1.89 bits per heavy atom. The van der Waals surface area contributed by atoms with Gasteiger partial charge in [0, 0.05) is 0 Å². The van der Waals surface area contributed by atoms with Gasteiger partial charge in [0.2, 0.25) is 6.29 Å². The summed E-state index contributed by atoms with van der Waals surface area (Å²) in [5, 5.41) is 99.6. The molecule has 2 aliphatic rings. The minimum absolute atomic E-state index is 0.0110. The number of aliphatic hydroxyl groups is 10. The molecule has 2 aromatic rings. The Bertz CT molecular complexity index is 1330. The van der Waals surface area contributed by atoms with Crippen LogP contribution in [0.2, 0.25) is 0 Å². The van der Waals surface area contributed by atoms with E-state index in [1.54, 1.807) is 30.4 Å². The first kappa shape index (κ1) is 36.7. The SMILES string of the molecule is COc1cc(C=CCOC2OC(O)C(O)C(O)C2O)ccc1OC(CO)C(O)c1ccc(OC2OC(O)C(O)C(O)C2O)c(OC)c1. The van der Waals surface area contributed by atoms with Gasteiger partial charge in [0.15, 0.2) is 48.0 Å². The molecule has 17 heteroatoms. The molecule has 0 amide bonds. The summed E-state index contributed by atoms with van der Waals surface area (Å²) in [6.07, 6.45) is -15.9. The van der Waals surface area contributed by atoms with Gasteiger partial charge in [-0.05, 0) is 35.4 Å². The predicted molar refractivity (Wildman–Crippen MR) is 156 cm³/mol. The van der Waals surface area contributed by atoms with Crippen LogP contribution in [0.4, 0.5) is 0 Å². The van der Waals surface area contributed by atoms with E-state index in [-0.39, 0.29) is 35.2 Å². The molecule has 12 atom stereocenters. The van der Waals surface area contributed by atoms with Crippen molar-refractivity contribution in [1.82, 2.24) is 0 Å². The van der Waals surface area contributed by atoms with Gasteiger partial charge in [-0.1, -0.05) is 24.3 Å². The summed E-state index contributed by atoms with van der Waals surface area (Å²) in [6, 6.07) is 8.98. The van der Waals surface area contributed by atoms with Gasteiger partial charge in [-0.25, -0.2) is 0 Å². The van der Waals surface area contributed by atoms with Crippen LogP contribution >= 0.6 is 0 Å². The monoisotopic (exact) mass is 672 g/mol. The molecule has 262 valence electrons. The summed E-state index contributed by atoms with van der Waals surface area (Å²) < 4.78 is 37.5. The lowest BCUT2D eigenvalue weighted by molar-refractivity contribution is -0.338. The third-order valence-corrected chi connectivity index (χ3v) is 7.53. The van der Waals surface area contributed by atoms with Crippen LogP contribution in [0.25, 0.3) is 6.08 Å². The second kappa shape index (κ2) is 16.3. The molecule has 0 spiro atoms. The summed E-state index contributed by atoms with van der Waals surface area (Å²) in [6.45, 7) is -0.704. The predicted octanol–water partition coefficient (Wildman–Crippen LogP) is -2.90. The zero-order valence-electron chi connectivity index (χ0n) is 25.3. The molecule has 4 rings (SSSR count). The topological polar surface area (TPSA) is 267 Å². The molecule has 17 nitrogen and oxygen atoms in total. The maximum atomic E-state index is 11.1. The van der Waals surface area contributed by atoms with Crippen LogP contribution in [0.5, 0.6) is 23.0 Å². The zero-order valence-corrected chi connectivity index (χ0v) is 25.3. The molecule has 0 saturated carbocycles. The minimum Gasteiger partial charge on any atom is -0.493 e. The Labute approximate surface area is 268 Å². The van der Waals surface area contributed by atoms with Crippen molar-refractivity contribution in [2.45, 2.75) is 74.0 Å². The van der Waals surface area contributed by atoms with Gasteiger partial charge in [0.1, 0.15) is 42.7 Å². The van der Waals surface area contributed by atoms with E-state index in [2.05, 4.69) is 0 Å². The third-order valence-electron chi connectivity index (χ3n) is 7.53. The average Bonchev–Trinajstić information content (AvgIpc) is 3.08. The normalized spacial score (nSPS) is 32.5. The Kier molecular flexibility index (Phi) is 12.7. The van der Waals surface area contributed by atoms with Gasteiger partial charge in [-0.3, -0.25) is 0 Å². The van der Waals surface area contributed by atoms with Crippen molar-refractivity contribution < 1.29 is 84.2 Å². The zero-order chi connectivity index (χ0) is 34.4. The highest BCUT2D eigenvalue weighted by Gasteiger charge is 2.45. The molecule has 2 aromatic carbocycles. The number of aliphatic hydroxyl groups excluding tert-OH is 10. The fraction of sp³-hybridized carbons (Fsp3) is 0.533. The quantitative estimate of drug-likeness (QED) is 0.102. The van der Waals surface area contributed by atoms with Crippen LogP contribution < -0.4 is 18.9 Å². The lowest BCUT2D eigenvalue weighted by Crippen LogP contribution is -2.59. The lowest BCUT2D eigenvalue weighted by Gasteiger charge is -2.38. The number of rotatable bonds is 13. The smallest absolute Gasteiger partial charge is 0.231 e. The van der Waals surface area contributed by atoms with Crippen molar-refractivity contribution in [3.05, 3.63) is 53.6 Å². The second-order valence-electron chi connectivity index (χ2n) is 10.7. The molecule has 2 aliphatic heterocycles. The third kappa shape index (κ3) is 8.48. The first-order valence-electron chi connectivity index (χ1n) is 14.4. The summed E-state index contributed by atoms with van der Waals surface area (Å²) in [4.78, 5) is 0. The number of benzene rings is 2. The number of hydrogen-bond donors (Lipinski definition) is 10. The van der Waals surface area contributed by atoms with Crippen LogP contribution in [-0.2, 0) is 14.2 Å². The van der Waals surface area contributed by atoms with Crippen LogP contribution in [0.3, 0.4) is 0 Å². The summed E-state index contributed by atoms with van der Waals surface area (Å²) in [5.41, 5.74) is 0.871. The molecule has 2 fully saturated rings. The van der Waals surface area contributed by atoms with Gasteiger partial charge < -0.3 is 84.2 Å². The maximum absolute atomic E-state index is 11.1. The fourth-order valence-corrected chi connectivity index (χ4v) is 4.79. The molecular weight excluding hydrogens is 632 g/mol. The molecule has 47 heavy (non-hydrogen) atoms. The van der Waals surface area contributed by atoms with Crippen LogP contribution in [-0.4, -0.2) is 146 Å². The van der Waals surface area contributed by atoms with Crippen LogP contribution in [0.15, 0.2) is 42.5 Å². The van der Waals surface area contributed by atoms with Gasteiger partial charge in [-0.15, -0.1) is 0 Å². The fourth-order valence-electron chi connectivity index (χ4n) is 4.79. The van der Waals surface area contributed by atoms with E-state index in [0.29, 0.717) is 5.56 Å². The highest BCUT2D eigenvalue weighted by Crippen LogP contribution is 2.36. The van der Waals surface area contributed by atoms with Crippen LogP contribution in [0, 0.1) is 0 Å². The van der Waals surface area contributed by atoms with E-state index in [1.165, 1.54) is 32.4 Å². The van der Waals surface area contributed by atoms with Crippen LogP contribution in [0.1, 0.15) is 17.2 Å². The van der Waals surface area contributed by atoms with E-state index < -0.39 is 80.6 Å². The molecule has 2 saturated heterocycles. The molecule has 0 radical (unpaired) electrons. The number of hydrogen-bond acceptors (Lipinski definition) is 17. The number of ether oxygens (including phenoxy) is 7. The summed E-state index contributed by atoms with van der Waals surface area (Å²) in [7, 11) is 2.70. The largest absolute Gasteiger partial charge is 0.493 e. The maximum Gasteiger partial charge on any atom is 0.231 e. The molecule has 0 aromatic heterocycles. The average molecular weight is 673 g/mol. The van der Waals surface area contributed by atoms with Crippen molar-refractivity contribution in [3.8, 4) is 23.0 Å². The van der Waals surface area contributed by atoms with E-state index in [1.807, 2.05) is 0 Å². The standard InChI is InChI=1S/C30H40O17/c1-41-17-10-13(4-3-9-43-29-25(37)21(33)23(35)27(39)46-29)5-7-15(17)44-19(12-31)20(32)14-6-8-16(18(11-14)42-2)45-30-26(38)22(34)24(36)28(40)47-30/h3-8,10-11,19-40H,9,12H2,1-2H3. The summed E-state index contributed by atoms with van der Waals surface area (Å²) >= 11 is 0. The molecule has 0 aliphatic carbocycles. The number of methoxy groups -OCH3 is 2. The van der Waals surface area contributed by atoms with Gasteiger partial charge in [-0.2, -0.15) is 0 Å². The first-order valence-corrected chi connectivity index (χ1v) is 14.4. The van der Waals surface area contributed by atoms with E-state index in [0.717, 1.165) is 0 Å². The van der Waals surface area contributed by atoms with Gasteiger partial charge >= 0.3 is 0 Å².